The number of aliphatic carboxylic acids is 2. The van der Waals surface area contributed by atoms with Gasteiger partial charge in [-0.25, -0.2) is 9.59 Å². The zero-order valence-electron chi connectivity index (χ0n) is 14.1. The van der Waals surface area contributed by atoms with Gasteiger partial charge in [0.05, 0.1) is 13.2 Å². The van der Waals surface area contributed by atoms with Gasteiger partial charge in [-0.05, 0) is 37.2 Å². The van der Waals surface area contributed by atoms with Crippen molar-refractivity contribution in [3.8, 4) is 5.75 Å². The molecule has 0 radical (unpaired) electrons. The van der Waals surface area contributed by atoms with E-state index in [9.17, 15) is 0 Å². The molecule has 0 aromatic heterocycles. The summed E-state index contributed by atoms with van der Waals surface area (Å²) in [5.41, 5.74) is 0. The largest absolute Gasteiger partial charge is 0.491 e. The van der Waals surface area contributed by atoms with Gasteiger partial charge in [-0.1, -0.05) is 11.6 Å². The first-order valence-electron chi connectivity index (χ1n) is 7.59. The van der Waals surface area contributed by atoms with Crippen LogP contribution in [-0.2, 0) is 19.1 Å². The third-order valence-electron chi connectivity index (χ3n) is 2.62. The lowest BCUT2D eigenvalue weighted by atomic mass is 10.3. The van der Waals surface area contributed by atoms with Crippen molar-refractivity contribution in [3.05, 3.63) is 29.3 Å². The van der Waals surface area contributed by atoms with E-state index in [1.807, 2.05) is 24.3 Å². The highest BCUT2D eigenvalue weighted by Crippen LogP contribution is 2.15. The minimum atomic E-state index is -1.82. The lowest BCUT2D eigenvalue weighted by Crippen LogP contribution is -2.22. The highest BCUT2D eigenvalue weighted by molar-refractivity contribution is 6.30. The second kappa shape index (κ2) is 15.6. The highest BCUT2D eigenvalue weighted by atomic mass is 35.5. The van der Waals surface area contributed by atoms with E-state index in [0.29, 0.717) is 24.8 Å². The summed E-state index contributed by atoms with van der Waals surface area (Å²) in [6.07, 6.45) is 1.02. The molecule has 0 bridgehead atoms. The Labute approximate surface area is 151 Å². The molecule has 0 amide bonds. The number of ether oxygens (including phenoxy) is 3. The van der Waals surface area contributed by atoms with Gasteiger partial charge in [-0.3, -0.25) is 0 Å². The molecule has 142 valence electrons. The standard InChI is InChI=1S/C14H22ClNO3.C2H2O4/c1-17-9-2-7-16-8-10-18-11-12-19-14-5-3-13(15)4-6-14;3-1(4)2(5)6/h3-6,16H,2,7-12H2,1H3;(H,3,4)(H,5,6). The van der Waals surface area contributed by atoms with E-state index in [2.05, 4.69) is 5.32 Å². The summed E-state index contributed by atoms with van der Waals surface area (Å²) < 4.78 is 15.9. The highest BCUT2D eigenvalue weighted by Gasteiger charge is 2.04. The van der Waals surface area contributed by atoms with Crippen LogP contribution < -0.4 is 10.1 Å². The molecule has 0 atom stereocenters. The molecular formula is C16H24ClNO7. The Morgan fingerprint density at radius 3 is 2.20 bits per heavy atom. The lowest BCUT2D eigenvalue weighted by Gasteiger charge is -2.08. The monoisotopic (exact) mass is 377 g/mol. The van der Waals surface area contributed by atoms with E-state index < -0.39 is 11.9 Å². The van der Waals surface area contributed by atoms with Gasteiger partial charge in [0.1, 0.15) is 12.4 Å². The van der Waals surface area contributed by atoms with Crippen LogP contribution in [0.4, 0.5) is 0 Å². The first-order chi connectivity index (χ1) is 12.0. The van der Waals surface area contributed by atoms with E-state index in [-0.39, 0.29) is 0 Å². The number of carbonyl (C=O) groups is 2. The molecule has 1 rings (SSSR count). The van der Waals surface area contributed by atoms with E-state index in [1.54, 1.807) is 7.11 Å². The van der Waals surface area contributed by atoms with Gasteiger partial charge in [0.2, 0.25) is 0 Å². The smallest absolute Gasteiger partial charge is 0.414 e. The van der Waals surface area contributed by atoms with Crippen molar-refractivity contribution in [2.24, 2.45) is 0 Å². The normalized spacial score (nSPS) is 9.84. The molecular weight excluding hydrogens is 354 g/mol. The van der Waals surface area contributed by atoms with Crippen LogP contribution in [0, 0.1) is 0 Å². The maximum Gasteiger partial charge on any atom is 0.414 e. The minimum Gasteiger partial charge on any atom is -0.491 e. The minimum absolute atomic E-state index is 0.547. The summed E-state index contributed by atoms with van der Waals surface area (Å²) in [6.45, 7) is 4.43. The summed E-state index contributed by atoms with van der Waals surface area (Å²) in [7, 11) is 1.71. The van der Waals surface area contributed by atoms with Crippen molar-refractivity contribution >= 4 is 23.5 Å². The number of rotatable bonds is 11. The Kier molecular flexibility index (Phi) is 14.5. The predicted octanol–water partition coefficient (Wildman–Crippen LogP) is 1.52. The fourth-order valence-electron chi connectivity index (χ4n) is 1.46. The number of hydrogen-bond acceptors (Lipinski definition) is 6. The van der Waals surface area contributed by atoms with Gasteiger partial charge in [0.25, 0.3) is 0 Å². The summed E-state index contributed by atoms with van der Waals surface area (Å²) >= 11 is 5.78. The number of benzene rings is 1. The van der Waals surface area contributed by atoms with Crippen LogP contribution in [0.15, 0.2) is 24.3 Å². The zero-order valence-corrected chi connectivity index (χ0v) is 14.8. The number of nitrogens with one attached hydrogen (secondary N) is 1. The number of carboxylic acids is 2. The van der Waals surface area contributed by atoms with E-state index in [1.165, 1.54) is 0 Å². The molecule has 0 unspecified atom stereocenters. The summed E-state index contributed by atoms with van der Waals surface area (Å²) in [5, 5.41) is 18.8. The second-order valence-corrected chi connectivity index (χ2v) is 5.06. The van der Waals surface area contributed by atoms with E-state index >= 15 is 0 Å². The number of halogens is 1. The number of carboxylic acid groups (broad SMARTS) is 2. The Morgan fingerprint density at radius 1 is 1.00 bits per heavy atom. The van der Waals surface area contributed by atoms with Crippen molar-refractivity contribution in [2.75, 3.05) is 46.6 Å². The van der Waals surface area contributed by atoms with Crippen LogP contribution in [0.1, 0.15) is 6.42 Å². The third kappa shape index (κ3) is 15.4. The maximum absolute atomic E-state index is 9.10. The average molecular weight is 378 g/mol. The van der Waals surface area contributed by atoms with E-state index in [0.717, 1.165) is 31.9 Å². The molecule has 3 N–H and O–H groups in total. The molecule has 0 aliphatic heterocycles. The first-order valence-corrected chi connectivity index (χ1v) is 7.97. The molecule has 0 saturated carbocycles. The summed E-state index contributed by atoms with van der Waals surface area (Å²) in [5.74, 6) is -2.84. The Balaban J connectivity index is 0.000000823. The molecule has 0 saturated heterocycles. The molecule has 0 aliphatic carbocycles. The van der Waals surface area contributed by atoms with Crippen LogP contribution in [0.2, 0.25) is 5.02 Å². The van der Waals surface area contributed by atoms with Crippen LogP contribution >= 0.6 is 11.6 Å². The molecule has 0 aliphatic rings. The van der Waals surface area contributed by atoms with Gasteiger partial charge < -0.3 is 29.7 Å². The predicted molar refractivity (Wildman–Crippen MR) is 92.4 cm³/mol. The molecule has 1 aromatic carbocycles. The van der Waals surface area contributed by atoms with Crippen molar-refractivity contribution in [1.82, 2.24) is 5.32 Å². The maximum atomic E-state index is 9.10. The summed E-state index contributed by atoms with van der Waals surface area (Å²) in [4.78, 5) is 18.2. The van der Waals surface area contributed by atoms with Crippen LogP contribution in [0.5, 0.6) is 5.75 Å². The van der Waals surface area contributed by atoms with Crippen molar-refractivity contribution < 1.29 is 34.0 Å². The van der Waals surface area contributed by atoms with E-state index in [4.69, 9.17) is 45.6 Å². The van der Waals surface area contributed by atoms with Gasteiger partial charge >= 0.3 is 11.9 Å². The molecule has 0 fully saturated rings. The van der Waals surface area contributed by atoms with Gasteiger partial charge in [0, 0.05) is 25.3 Å². The zero-order chi connectivity index (χ0) is 18.9. The molecule has 1 aromatic rings. The molecule has 0 spiro atoms. The van der Waals surface area contributed by atoms with Crippen molar-refractivity contribution in [3.63, 3.8) is 0 Å². The summed E-state index contributed by atoms with van der Waals surface area (Å²) in [6, 6.07) is 7.31. The SMILES string of the molecule is COCCCNCCOCCOc1ccc(Cl)cc1.O=C(O)C(=O)O. The second-order valence-electron chi connectivity index (χ2n) is 4.62. The lowest BCUT2D eigenvalue weighted by molar-refractivity contribution is -0.159. The van der Waals surface area contributed by atoms with Crippen molar-refractivity contribution in [2.45, 2.75) is 6.42 Å². The first kappa shape index (κ1) is 23.1. The third-order valence-corrected chi connectivity index (χ3v) is 2.87. The Hall–Kier alpha value is -1.87. The molecule has 25 heavy (non-hydrogen) atoms. The Morgan fingerprint density at radius 2 is 1.64 bits per heavy atom. The molecule has 0 heterocycles. The van der Waals surface area contributed by atoms with Gasteiger partial charge in [0.15, 0.2) is 0 Å². The average Bonchev–Trinajstić information content (AvgIpc) is 2.58. The Bertz CT molecular complexity index is 470. The number of hydrogen-bond donors (Lipinski definition) is 3. The number of methoxy groups -OCH3 is 1. The van der Waals surface area contributed by atoms with Gasteiger partial charge in [-0.2, -0.15) is 0 Å². The van der Waals surface area contributed by atoms with Gasteiger partial charge in [-0.15, -0.1) is 0 Å². The molecule has 8 nitrogen and oxygen atoms in total. The van der Waals surface area contributed by atoms with Crippen molar-refractivity contribution in [1.29, 1.82) is 0 Å². The van der Waals surface area contributed by atoms with Crippen LogP contribution in [-0.4, -0.2) is 68.8 Å². The fraction of sp³-hybridized carbons (Fsp3) is 0.500. The topological polar surface area (TPSA) is 114 Å². The van der Waals surface area contributed by atoms with Crippen LogP contribution in [0.25, 0.3) is 0 Å². The fourth-order valence-corrected chi connectivity index (χ4v) is 1.59. The van der Waals surface area contributed by atoms with Crippen LogP contribution in [0.3, 0.4) is 0 Å². The quantitative estimate of drug-likeness (QED) is 0.393. The molecule has 9 heteroatoms.